The van der Waals surface area contributed by atoms with Crippen molar-refractivity contribution in [3.63, 3.8) is 0 Å². The van der Waals surface area contributed by atoms with Crippen LogP contribution in [0.25, 0.3) is 11.3 Å². The third-order valence-electron chi connectivity index (χ3n) is 3.54. The number of benzene rings is 2. The zero-order valence-corrected chi connectivity index (χ0v) is 12.6. The Morgan fingerprint density at radius 1 is 1.13 bits per heavy atom. The summed E-state index contributed by atoms with van der Waals surface area (Å²) in [6, 6.07) is 17.0. The Morgan fingerprint density at radius 2 is 1.83 bits per heavy atom. The van der Waals surface area contributed by atoms with Gasteiger partial charge in [0.15, 0.2) is 5.76 Å². The lowest BCUT2D eigenvalue weighted by molar-refractivity contribution is -0.117. The predicted molar refractivity (Wildman–Crippen MR) is 85.5 cm³/mol. The minimum Gasteiger partial charge on any atom is -0.356 e. The Bertz CT molecular complexity index is 797. The van der Waals surface area contributed by atoms with Gasteiger partial charge < -0.3 is 9.42 Å². The van der Waals surface area contributed by atoms with Gasteiger partial charge in [-0.25, -0.2) is 4.39 Å². The number of rotatable bonds is 4. The average molecular weight is 310 g/mol. The van der Waals surface area contributed by atoms with Crippen molar-refractivity contribution in [3.05, 3.63) is 72.2 Å². The van der Waals surface area contributed by atoms with Gasteiger partial charge in [-0.3, -0.25) is 4.79 Å². The second-order valence-corrected chi connectivity index (χ2v) is 5.15. The molecule has 0 bridgehead atoms. The summed E-state index contributed by atoms with van der Waals surface area (Å²) in [4.78, 5) is 13.9. The first-order valence-corrected chi connectivity index (χ1v) is 7.16. The molecule has 0 unspecified atom stereocenters. The number of anilines is 1. The quantitative estimate of drug-likeness (QED) is 0.738. The molecule has 4 nitrogen and oxygen atoms in total. The van der Waals surface area contributed by atoms with E-state index in [0.29, 0.717) is 17.0 Å². The molecular weight excluding hydrogens is 295 g/mol. The lowest BCUT2D eigenvalue weighted by atomic mass is 10.1. The van der Waals surface area contributed by atoms with Crippen molar-refractivity contribution < 1.29 is 13.7 Å². The van der Waals surface area contributed by atoms with Crippen LogP contribution in [0.2, 0.25) is 0 Å². The van der Waals surface area contributed by atoms with Gasteiger partial charge in [0.1, 0.15) is 5.82 Å². The van der Waals surface area contributed by atoms with E-state index in [-0.39, 0.29) is 18.1 Å². The van der Waals surface area contributed by atoms with Gasteiger partial charge in [0.05, 0.1) is 12.1 Å². The van der Waals surface area contributed by atoms with Crippen molar-refractivity contribution in [1.29, 1.82) is 0 Å². The molecule has 0 aliphatic heterocycles. The molecule has 0 atom stereocenters. The van der Waals surface area contributed by atoms with Crippen molar-refractivity contribution >= 4 is 11.6 Å². The first-order valence-electron chi connectivity index (χ1n) is 7.16. The monoisotopic (exact) mass is 310 g/mol. The maximum Gasteiger partial charge on any atom is 0.232 e. The molecule has 23 heavy (non-hydrogen) atoms. The third-order valence-corrected chi connectivity index (χ3v) is 3.54. The van der Waals surface area contributed by atoms with Crippen LogP contribution < -0.4 is 4.90 Å². The second kappa shape index (κ2) is 6.44. The highest BCUT2D eigenvalue weighted by Gasteiger charge is 2.15. The fraction of sp³-hybridized carbons (Fsp3) is 0.111. The van der Waals surface area contributed by atoms with Gasteiger partial charge in [0.2, 0.25) is 5.91 Å². The summed E-state index contributed by atoms with van der Waals surface area (Å²) in [7, 11) is 1.72. The Hall–Kier alpha value is -2.95. The SMILES string of the molecule is CN(C(=O)Cc1cc(-c2ccc(F)cc2)on1)c1ccccc1. The summed E-state index contributed by atoms with van der Waals surface area (Å²) in [5, 5.41) is 3.91. The van der Waals surface area contributed by atoms with Gasteiger partial charge >= 0.3 is 0 Å². The van der Waals surface area contributed by atoms with Gasteiger partial charge in [0, 0.05) is 24.4 Å². The van der Waals surface area contributed by atoms with Crippen LogP contribution in [0, 0.1) is 5.82 Å². The average Bonchev–Trinajstić information content (AvgIpc) is 3.04. The van der Waals surface area contributed by atoms with Gasteiger partial charge in [-0.05, 0) is 36.4 Å². The van der Waals surface area contributed by atoms with Crippen molar-refractivity contribution in [2.45, 2.75) is 6.42 Å². The van der Waals surface area contributed by atoms with Crippen LogP contribution in [0.1, 0.15) is 5.69 Å². The number of para-hydroxylation sites is 1. The summed E-state index contributed by atoms with van der Waals surface area (Å²) in [6.45, 7) is 0. The molecule has 0 aliphatic rings. The Kier molecular flexibility index (Phi) is 4.19. The van der Waals surface area contributed by atoms with Crippen LogP contribution >= 0.6 is 0 Å². The molecule has 0 radical (unpaired) electrons. The number of carbonyl (C=O) groups is 1. The molecule has 0 spiro atoms. The van der Waals surface area contributed by atoms with E-state index in [0.717, 1.165) is 5.69 Å². The van der Waals surface area contributed by atoms with Crippen LogP contribution in [0.5, 0.6) is 0 Å². The lowest BCUT2D eigenvalue weighted by Gasteiger charge is -2.16. The number of likely N-dealkylation sites (N-methyl/N-ethyl adjacent to an activating group) is 1. The van der Waals surface area contributed by atoms with E-state index in [4.69, 9.17) is 4.52 Å². The number of hydrogen-bond donors (Lipinski definition) is 0. The zero-order chi connectivity index (χ0) is 16.2. The molecule has 1 heterocycles. The van der Waals surface area contributed by atoms with E-state index < -0.39 is 0 Å². The lowest BCUT2D eigenvalue weighted by Crippen LogP contribution is -2.27. The molecule has 0 saturated carbocycles. The molecule has 3 aromatic rings. The Labute approximate surface area is 133 Å². The molecule has 116 valence electrons. The summed E-state index contributed by atoms with van der Waals surface area (Å²) in [5.74, 6) is 0.110. The fourth-order valence-corrected chi connectivity index (χ4v) is 2.21. The van der Waals surface area contributed by atoms with E-state index in [1.54, 1.807) is 30.1 Å². The highest BCUT2D eigenvalue weighted by Crippen LogP contribution is 2.21. The van der Waals surface area contributed by atoms with Crippen molar-refractivity contribution in [3.8, 4) is 11.3 Å². The topological polar surface area (TPSA) is 46.3 Å². The number of carbonyl (C=O) groups excluding carboxylic acids is 1. The van der Waals surface area contributed by atoms with E-state index in [2.05, 4.69) is 5.16 Å². The largest absolute Gasteiger partial charge is 0.356 e. The third kappa shape index (κ3) is 3.45. The van der Waals surface area contributed by atoms with E-state index >= 15 is 0 Å². The first-order chi connectivity index (χ1) is 11.1. The normalized spacial score (nSPS) is 10.5. The molecule has 0 aliphatic carbocycles. The van der Waals surface area contributed by atoms with Crippen molar-refractivity contribution in [1.82, 2.24) is 5.16 Å². The zero-order valence-electron chi connectivity index (χ0n) is 12.6. The number of amides is 1. The van der Waals surface area contributed by atoms with Gasteiger partial charge in [-0.2, -0.15) is 0 Å². The summed E-state index contributed by atoms with van der Waals surface area (Å²) < 4.78 is 18.2. The molecule has 0 fully saturated rings. The van der Waals surface area contributed by atoms with Crippen molar-refractivity contribution in [2.75, 3.05) is 11.9 Å². The highest BCUT2D eigenvalue weighted by molar-refractivity contribution is 5.94. The van der Waals surface area contributed by atoms with Crippen LogP contribution in [0.3, 0.4) is 0 Å². The van der Waals surface area contributed by atoms with Crippen LogP contribution in [0.4, 0.5) is 10.1 Å². The molecule has 1 aromatic heterocycles. The maximum atomic E-state index is 12.9. The number of nitrogens with zero attached hydrogens (tertiary/aromatic N) is 2. The van der Waals surface area contributed by atoms with Crippen LogP contribution in [0.15, 0.2) is 65.2 Å². The van der Waals surface area contributed by atoms with Gasteiger partial charge in [-0.15, -0.1) is 0 Å². The minimum absolute atomic E-state index is 0.0878. The van der Waals surface area contributed by atoms with Crippen LogP contribution in [-0.2, 0) is 11.2 Å². The number of aromatic nitrogens is 1. The molecule has 1 amide bonds. The van der Waals surface area contributed by atoms with E-state index in [9.17, 15) is 9.18 Å². The summed E-state index contributed by atoms with van der Waals surface area (Å²) in [5.41, 5.74) is 2.07. The second-order valence-electron chi connectivity index (χ2n) is 5.15. The molecular formula is C18H15FN2O2. The van der Waals surface area contributed by atoms with E-state index in [1.807, 2.05) is 30.3 Å². The Morgan fingerprint density at radius 3 is 2.52 bits per heavy atom. The maximum absolute atomic E-state index is 12.9. The first kappa shape index (κ1) is 15.0. The summed E-state index contributed by atoms with van der Waals surface area (Å²) in [6.07, 6.45) is 0.135. The van der Waals surface area contributed by atoms with Crippen LogP contribution in [-0.4, -0.2) is 18.1 Å². The molecule has 3 rings (SSSR count). The number of halogens is 1. The van der Waals surface area contributed by atoms with E-state index in [1.165, 1.54) is 12.1 Å². The smallest absolute Gasteiger partial charge is 0.232 e. The summed E-state index contributed by atoms with van der Waals surface area (Å²) >= 11 is 0. The standard InChI is InChI=1S/C18H15FN2O2/c1-21(16-5-3-2-4-6-16)18(22)12-15-11-17(23-20-15)13-7-9-14(19)10-8-13/h2-11H,12H2,1H3. The number of hydrogen-bond acceptors (Lipinski definition) is 3. The van der Waals surface area contributed by atoms with Gasteiger partial charge in [0.25, 0.3) is 0 Å². The van der Waals surface area contributed by atoms with Crippen molar-refractivity contribution in [2.24, 2.45) is 0 Å². The van der Waals surface area contributed by atoms with Gasteiger partial charge in [-0.1, -0.05) is 23.4 Å². The Balaban J connectivity index is 1.71. The predicted octanol–water partition coefficient (Wildman–Crippen LogP) is 3.69. The highest BCUT2D eigenvalue weighted by atomic mass is 19.1. The minimum atomic E-state index is -0.312. The fourth-order valence-electron chi connectivity index (χ4n) is 2.21. The molecule has 0 saturated heterocycles. The molecule has 0 N–H and O–H groups in total. The molecule has 2 aromatic carbocycles. The molecule has 5 heteroatoms.